The van der Waals surface area contributed by atoms with E-state index >= 15 is 0 Å². The third kappa shape index (κ3) is 2.29. The van der Waals surface area contributed by atoms with Crippen LogP contribution in [0.2, 0.25) is 0 Å². The first-order chi connectivity index (χ1) is 9.74. The predicted molar refractivity (Wildman–Crippen MR) is 80.4 cm³/mol. The number of aliphatic hydroxyl groups is 1. The fourth-order valence-electron chi connectivity index (χ4n) is 4.40. The van der Waals surface area contributed by atoms with E-state index in [4.69, 9.17) is 0 Å². The molecule has 1 saturated carbocycles. The summed E-state index contributed by atoms with van der Waals surface area (Å²) in [5.74, 6) is 0.959. The van der Waals surface area contributed by atoms with E-state index in [2.05, 4.69) is 29.2 Å². The zero-order valence-corrected chi connectivity index (χ0v) is 12.2. The first-order valence-electron chi connectivity index (χ1n) is 8.28. The lowest BCUT2D eigenvalue weighted by atomic mass is 9.72. The number of benzene rings is 1. The lowest BCUT2D eigenvalue weighted by Gasteiger charge is -2.52. The molecule has 2 nitrogen and oxygen atoms in total. The molecule has 0 radical (unpaired) electrons. The van der Waals surface area contributed by atoms with E-state index in [0.29, 0.717) is 12.1 Å². The van der Waals surface area contributed by atoms with Crippen LogP contribution in [0.25, 0.3) is 0 Å². The van der Waals surface area contributed by atoms with Gasteiger partial charge in [-0.2, -0.15) is 0 Å². The minimum Gasteiger partial charge on any atom is -0.385 e. The number of piperidine rings is 2. The molecule has 0 unspecified atom stereocenters. The molecule has 2 bridgehead atoms. The summed E-state index contributed by atoms with van der Waals surface area (Å²) >= 11 is 0. The summed E-state index contributed by atoms with van der Waals surface area (Å²) in [6.45, 7) is 1.29. The average Bonchev–Trinajstić information content (AvgIpc) is 3.25. The average molecular weight is 271 g/mol. The van der Waals surface area contributed by atoms with Gasteiger partial charge < -0.3 is 5.11 Å². The Hall–Kier alpha value is -0.860. The fourth-order valence-corrected chi connectivity index (χ4v) is 4.40. The van der Waals surface area contributed by atoms with Crippen LogP contribution in [0.3, 0.4) is 0 Å². The van der Waals surface area contributed by atoms with Gasteiger partial charge in [-0.05, 0) is 50.0 Å². The summed E-state index contributed by atoms with van der Waals surface area (Å²) in [5, 5.41) is 11.2. The second-order valence-corrected chi connectivity index (χ2v) is 7.18. The van der Waals surface area contributed by atoms with Crippen LogP contribution in [0.4, 0.5) is 0 Å². The first kappa shape index (κ1) is 12.8. The molecule has 4 rings (SSSR count). The van der Waals surface area contributed by atoms with Gasteiger partial charge in [0.05, 0.1) is 5.60 Å². The van der Waals surface area contributed by atoms with E-state index in [9.17, 15) is 5.11 Å². The minimum absolute atomic E-state index is 0.586. The molecule has 1 N–H and O–H groups in total. The van der Waals surface area contributed by atoms with Crippen LogP contribution < -0.4 is 0 Å². The molecular weight excluding hydrogens is 246 g/mol. The third-order valence-electron chi connectivity index (χ3n) is 5.64. The smallest absolute Gasteiger partial charge is 0.0926 e. The quantitative estimate of drug-likeness (QED) is 0.912. The Balaban J connectivity index is 1.57. The Labute approximate surface area is 121 Å². The van der Waals surface area contributed by atoms with Crippen LogP contribution in [0.1, 0.15) is 50.5 Å². The Kier molecular flexibility index (Phi) is 3.12. The number of hydrogen-bond donors (Lipinski definition) is 1. The summed E-state index contributed by atoms with van der Waals surface area (Å²) in [5.41, 5.74) is 0.542. The minimum atomic E-state index is -0.586. The lowest BCUT2D eigenvalue weighted by Crippen LogP contribution is -2.57. The van der Waals surface area contributed by atoms with Crippen LogP contribution >= 0.6 is 0 Å². The molecular formula is C18H25NO. The highest BCUT2D eigenvalue weighted by Gasteiger charge is 2.47. The van der Waals surface area contributed by atoms with Crippen LogP contribution in [0, 0.1) is 5.92 Å². The van der Waals surface area contributed by atoms with Crippen LogP contribution in [0.15, 0.2) is 30.3 Å². The van der Waals surface area contributed by atoms with Gasteiger partial charge in [0.2, 0.25) is 0 Å². The van der Waals surface area contributed by atoms with Gasteiger partial charge in [0.25, 0.3) is 0 Å². The highest BCUT2D eigenvalue weighted by atomic mass is 16.3. The molecule has 1 aromatic rings. The molecule has 108 valence electrons. The maximum absolute atomic E-state index is 11.2. The second kappa shape index (κ2) is 4.85. The van der Waals surface area contributed by atoms with Crippen molar-refractivity contribution < 1.29 is 5.11 Å². The summed E-state index contributed by atoms with van der Waals surface area (Å²) in [6.07, 6.45) is 8.62. The molecule has 2 atom stereocenters. The van der Waals surface area contributed by atoms with Crippen molar-refractivity contribution in [3.8, 4) is 0 Å². The van der Waals surface area contributed by atoms with Crippen molar-refractivity contribution in [2.75, 3.05) is 6.54 Å². The van der Waals surface area contributed by atoms with E-state index < -0.39 is 5.60 Å². The molecule has 2 heterocycles. The van der Waals surface area contributed by atoms with Gasteiger partial charge in [0, 0.05) is 18.6 Å². The first-order valence-corrected chi connectivity index (χ1v) is 8.28. The molecule has 1 aliphatic carbocycles. The zero-order chi connectivity index (χ0) is 13.6. The van der Waals surface area contributed by atoms with Gasteiger partial charge in [-0.15, -0.1) is 0 Å². The number of nitrogens with zero attached hydrogens (tertiary/aromatic N) is 1. The monoisotopic (exact) mass is 271 g/mol. The molecule has 3 fully saturated rings. The van der Waals surface area contributed by atoms with E-state index in [1.807, 2.05) is 6.07 Å². The van der Waals surface area contributed by atoms with Crippen molar-refractivity contribution in [2.24, 2.45) is 5.92 Å². The summed E-state index contributed by atoms with van der Waals surface area (Å²) in [4.78, 5) is 2.75. The van der Waals surface area contributed by atoms with Crippen LogP contribution in [0.5, 0.6) is 0 Å². The van der Waals surface area contributed by atoms with Gasteiger partial charge in [-0.3, -0.25) is 4.90 Å². The number of hydrogen-bond acceptors (Lipinski definition) is 2. The SMILES string of the molecule is OC1(c2ccccc2)C[C@@H]2CCC[C@@H](C1)N2CC1CC1. The van der Waals surface area contributed by atoms with Crippen molar-refractivity contribution in [2.45, 2.75) is 62.6 Å². The van der Waals surface area contributed by atoms with Gasteiger partial charge in [0.15, 0.2) is 0 Å². The second-order valence-electron chi connectivity index (χ2n) is 7.18. The van der Waals surface area contributed by atoms with Crippen LogP contribution in [-0.4, -0.2) is 28.6 Å². The normalized spacial score (nSPS) is 37.9. The lowest BCUT2D eigenvalue weighted by molar-refractivity contribution is -0.0979. The predicted octanol–water partition coefficient (Wildman–Crippen LogP) is 3.30. The van der Waals surface area contributed by atoms with Crippen molar-refractivity contribution in [3.63, 3.8) is 0 Å². The standard InChI is InChI=1S/C18H25NO/c20-18(15-5-2-1-3-6-15)11-16-7-4-8-17(12-18)19(16)13-14-9-10-14/h1-3,5-6,14,16-17,20H,4,7-13H2/t16-,17-/m0/s1. The Morgan fingerprint density at radius 1 is 1.00 bits per heavy atom. The Bertz CT molecular complexity index is 454. The van der Waals surface area contributed by atoms with E-state index in [0.717, 1.165) is 24.3 Å². The fraction of sp³-hybridized carbons (Fsp3) is 0.667. The van der Waals surface area contributed by atoms with E-state index in [-0.39, 0.29) is 0 Å². The van der Waals surface area contributed by atoms with Crippen molar-refractivity contribution in [3.05, 3.63) is 35.9 Å². The Morgan fingerprint density at radius 2 is 1.65 bits per heavy atom. The van der Waals surface area contributed by atoms with Gasteiger partial charge in [-0.25, -0.2) is 0 Å². The molecule has 2 aliphatic heterocycles. The molecule has 3 aliphatic rings. The highest BCUT2D eigenvalue weighted by molar-refractivity contribution is 5.24. The van der Waals surface area contributed by atoms with Gasteiger partial charge in [0.1, 0.15) is 0 Å². The molecule has 0 aromatic heterocycles. The van der Waals surface area contributed by atoms with Gasteiger partial charge >= 0.3 is 0 Å². The van der Waals surface area contributed by atoms with Crippen molar-refractivity contribution >= 4 is 0 Å². The third-order valence-corrected chi connectivity index (χ3v) is 5.64. The van der Waals surface area contributed by atoms with Gasteiger partial charge in [-0.1, -0.05) is 36.8 Å². The highest BCUT2D eigenvalue weighted by Crippen LogP contribution is 2.45. The zero-order valence-electron chi connectivity index (χ0n) is 12.2. The van der Waals surface area contributed by atoms with Crippen molar-refractivity contribution in [1.82, 2.24) is 4.90 Å². The summed E-state index contributed by atoms with van der Waals surface area (Å²) in [6, 6.07) is 11.6. The Morgan fingerprint density at radius 3 is 2.25 bits per heavy atom. The molecule has 2 saturated heterocycles. The molecule has 0 amide bonds. The number of fused-ring (bicyclic) bond motifs is 2. The summed E-state index contributed by atoms with van der Waals surface area (Å²) < 4.78 is 0. The van der Waals surface area contributed by atoms with Crippen molar-refractivity contribution in [1.29, 1.82) is 0 Å². The van der Waals surface area contributed by atoms with E-state index in [1.54, 1.807) is 0 Å². The topological polar surface area (TPSA) is 23.5 Å². The maximum Gasteiger partial charge on any atom is 0.0926 e. The molecule has 0 spiro atoms. The van der Waals surface area contributed by atoms with E-state index in [1.165, 1.54) is 38.6 Å². The summed E-state index contributed by atoms with van der Waals surface area (Å²) in [7, 11) is 0. The molecule has 1 aromatic carbocycles. The molecule has 20 heavy (non-hydrogen) atoms. The molecule has 2 heteroatoms. The maximum atomic E-state index is 11.2. The van der Waals surface area contributed by atoms with Crippen LogP contribution in [-0.2, 0) is 5.60 Å². The largest absolute Gasteiger partial charge is 0.385 e. The number of rotatable bonds is 3.